The van der Waals surface area contributed by atoms with Gasteiger partial charge < -0.3 is 20.9 Å². The van der Waals surface area contributed by atoms with E-state index in [1.807, 2.05) is 25.1 Å². The van der Waals surface area contributed by atoms with Gasteiger partial charge in [-0.2, -0.15) is 0 Å². The molecule has 1 aromatic rings. The van der Waals surface area contributed by atoms with Gasteiger partial charge in [-0.3, -0.25) is 4.79 Å². The van der Waals surface area contributed by atoms with Crippen LogP contribution < -0.4 is 15.8 Å². The predicted molar refractivity (Wildman–Crippen MR) is 61.7 cm³/mol. The van der Waals surface area contributed by atoms with Crippen molar-refractivity contribution < 1.29 is 14.6 Å². The number of carbonyl (C=O) groups is 1. The summed E-state index contributed by atoms with van der Waals surface area (Å²) < 4.78 is 5.31. The number of aliphatic carboxylic acids is 1. The van der Waals surface area contributed by atoms with E-state index in [0.29, 0.717) is 6.61 Å². The minimum atomic E-state index is -1.02. The van der Waals surface area contributed by atoms with Crippen molar-refractivity contribution in [3.05, 3.63) is 24.3 Å². The number of rotatable bonds is 6. The van der Waals surface area contributed by atoms with Crippen LogP contribution in [-0.4, -0.2) is 30.3 Å². The second kappa shape index (κ2) is 5.97. The Balaban J connectivity index is 2.53. The molecule has 0 heterocycles. The Morgan fingerprint density at radius 1 is 1.62 bits per heavy atom. The van der Waals surface area contributed by atoms with Gasteiger partial charge in [-0.15, -0.1) is 0 Å². The average Bonchev–Trinajstić information content (AvgIpc) is 2.26. The molecule has 0 aliphatic heterocycles. The van der Waals surface area contributed by atoms with E-state index in [0.717, 1.165) is 11.4 Å². The fraction of sp³-hybridized carbons (Fsp3) is 0.364. The second-order valence-corrected chi connectivity index (χ2v) is 3.29. The van der Waals surface area contributed by atoms with E-state index in [1.165, 1.54) is 0 Å². The van der Waals surface area contributed by atoms with Gasteiger partial charge in [0.1, 0.15) is 11.8 Å². The molecular formula is C11H16N2O3. The molecule has 0 radical (unpaired) electrons. The molecule has 16 heavy (non-hydrogen) atoms. The maximum Gasteiger partial charge on any atom is 0.322 e. The van der Waals surface area contributed by atoms with Gasteiger partial charge in [0, 0.05) is 18.3 Å². The summed E-state index contributed by atoms with van der Waals surface area (Å²) in [6.07, 6.45) is 0. The fourth-order valence-corrected chi connectivity index (χ4v) is 1.18. The van der Waals surface area contributed by atoms with Crippen LogP contribution in [0.15, 0.2) is 24.3 Å². The highest BCUT2D eigenvalue weighted by Gasteiger charge is 2.10. The highest BCUT2D eigenvalue weighted by molar-refractivity contribution is 5.74. The van der Waals surface area contributed by atoms with E-state index < -0.39 is 12.0 Å². The summed E-state index contributed by atoms with van der Waals surface area (Å²) in [4.78, 5) is 10.5. The zero-order chi connectivity index (χ0) is 12.0. The van der Waals surface area contributed by atoms with Crippen LogP contribution in [0.1, 0.15) is 6.92 Å². The van der Waals surface area contributed by atoms with Gasteiger partial charge in [-0.05, 0) is 19.1 Å². The monoisotopic (exact) mass is 224 g/mol. The van der Waals surface area contributed by atoms with Crippen LogP contribution in [0.4, 0.5) is 5.69 Å². The number of carboxylic acid groups (broad SMARTS) is 1. The van der Waals surface area contributed by atoms with E-state index in [9.17, 15) is 4.79 Å². The summed E-state index contributed by atoms with van der Waals surface area (Å²) in [7, 11) is 0. The van der Waals surface area contributed by atoms with Gasteiger partial charge in [-0.25, -0.2) is 0 Å². The summed E-state index contributed by atoms with van der Waals surface area (Å²) in [6.45, 7) is 2.68. The minimum Gasteiger partial charge on any atom is -0.494 e. The van der Waals surface area contributed by atoms with Gasteiger partial charge in [0.15, 0.2) is 0 Å². The van der Waals surface area contributed by atoms with Crippen LogP contribution in [0.25, 0.3) is 0 Å². The molecule has 88 valence electrons. The van der Waals surface area contributed by atoms with Crippen molar-refractivity contribution in [1.82, 2.24) is 0 Å². The van der Waals surface area contributed by atoms with Crippen molar-refractivity contribution in [2.45, 2.75) is 13.0 Å². The molecular weight excluding hydrogens is 208 g/mol. The van der Waals surface area contributed by atoms with Gasteiger partial charge in [0.2, 0.25) is 0 Å². The Kier molecular flexibility index (Phi) is 4.60. The van der Waals surface area contributed by atoms with Crippen molar-refractivity contribution >= 4 is 11.7 Å². The SMILES string of the molecule is CCOc1cccc(NCC(N)C(=O)O)c1. The van der Waals surface area contributed by atoms with E-state index in [2.05, 4.69) is 5.32 Å². The molecule has 0 aliphatic carbocycles. The lowest BCUT2D eigenvalue weighted by atomic mass is 10.2. The van der Waals surface area contributed by atoms with Gasteiger partial charge in [0.05, 0.1) is 6.61 Å². The average molecular weight is 224 g/mol. The van der Waals surface area contributed by atoms with Crippen LogP contribution in [0.3, 0.4) is 0 Å². The largest absolute Gasteiger partial charge is 0.494 e. The molecule has 0 saturated carbocycles. The third kappa shape index (κ3) is 3.78. The summed E-state index contributed by atoms with van der Waals surface area (Å²) in [6, 6.07) is 6.40. The number of carboxylic acids is 1. The van der Waals surface area contributed by atoms with E-state index in [-0.39, 0.29) is 6.54 Å². The Morgan fingerprint density at radius 2 is 2.38 bits per heavy atom. The molecule has 0 fully saturated rings. The topological polar surface area (TPSA) is 84.6 Å². The van der Waals surface area contributed by atoms with Crippen LogP contribution in [-0.2, 0) is 4.79 Å². The van der Waals surface area contributed by atoms with Gasteiger partial charge >= 0.3 is 5.97 Å². The molecule has 0 saturated heterocycles. The number of hydrogen-bond acceptors (Lipinski definition) is 4. The molecule has 5 nitrogen and oxygen atoms in total. The molecule has 0 aliphatic rings. The third-order valence-corrected chi connectivity index (χ3v) is 1.99. The van der Waals surface area contributed by atoms with Crippen molar-refractivity contribution in [2.75, 3.05) is 18.5 Å². The summed E-state index contributed by atoms with van der Waals surface area (Å²) >= 11 is 0. The first kappa shape index (κ1) is 12.3. The molecule has 1 rings (SSSR count). The number of benzene rings is 1. The number of anilines is 1. The van der Waals surface area contributed by atoms with Crippen LogP contribution in [0.2, 0.25) is 0 Å². The lowest BCUT2D eigenvalue weighted by molar-refractivity contribution is -0.138. The first-order valence-corrected chi connectivity index (χ1v) is 5.08. The first-order chi connectivity index (χ1) is 7.63. The predicted octanol–water partition coefficient (Wildman–Crippen LogP) is 0.909. The Bertz CT molecular complexity index is 355. The standard InChI is InChI=1S/C11H16N2O3/c1-2-16-9-5-3-4-8(6-9)13-7-10(12)11(14)15/h3-6,10,13H,2,7,12H2,1H3,(H,14,15). The highest BCUT2D eigenvalue weighted by Crippen LogP contribution is 2.16. The lowest BCUT2D eigenvalue weighted by Gasteiger charge is -2.11. The molecule has 5 heteroatoms. The second-order valence-electron chi connectivity index (χ2n) is 3.29. The van der Waals surface area contributed by atoms with E-state index in [4.69, 9.17) is 15.6 Å². The number of hydrogen-bond donors (Lipinski definition) is 3. The third-order valence-electron chi connectivity index (χ3n) is 1.99. The molecule has 1 aromatic carbocycles. The zero-order valence-corrected chi connectivity index (χ0v) is 9.14. The Morgan fingerprint density at radius 3 is 3.00 bits per heavy atom. The molecule has 1 unspecified atom stereocenters. The van der Waals surface area contributed by atoms with Crippen LogP contribution >= 0.6 is 0 Å². The number of nitrogens with one attached hydrogen (secondary N) is 1. The normalized spacial score (nSPS) is 11.9. The molecule has 1 atom stereocenters. The molecule has 0 spiro atoms. The first-order valence-electron chi connectivity index (χ1n) is 5.08. The maximum atomic E-state index is 10.5. The maximum absolute atomic E-state index is 10.5. The number of ether oxygens (including phenoxy) is 1. The van der Waals surface area contributed by atoms with Gasteiger partial charge in [0.25, 0.3) is 0 Å². The van der Waals surface area contributed by atoms with Crippen molar-refractivity contribution in [2.24, 2.45) is 5.73 Å². The molecule has 0 amide bonds. The molecule has 0 aromatic heterocycles. The Labute approximate surface area is 94.2 Å². The van der Waals surface area contributed by atoms with Crippen LogP contribution in [0.5, 0.6) is 5.75 Å². The van der Waals surface area contributed by atoms with Crippen molar-refractivity contribution in [3.8, 4) is 5.75 Å². The van der Waals surface area contributed by atoms with E-state index >= 15 is 0 Å². The number of nitrogens with two attached hydrogens (primary N) is 1. The smallest absolute Gasteiger partial charge is 0.322 e. The summed E-state index contributed by atoms with van der Waals surface area (Å²) in [5.41, 5.74) is 6.16. The quantitative estimate of drug-likeness (QED) is 0.668. The highest BCUT2D eigenvalue weighted by atomic mass is 16.5. The Hall–Kier alpha value is -1.75. The molecule has 4 N–H and O–H groups in total. The van der Waals surface area contributed by atoms with Crippen LogP contribution in [0, 0.1) is 0 Å². The zero-order valence-electron chi connectivity index (χ0n) is 9.14. The van der Waals surface area contributed by atoms with Crippen molar-refractivity contribution in [3.63, 3.8) is 0 Å². The molecule has 0 bridgehead atoms. The van der Waals surface area contributed by atoms with E-state index in [1.54, 1.807) is 6.07 Å². The summed E-state index contributed by atoms with van der Waals surface area (Å²) in [5.74, 6) is -0.273. The summed E-state index contributed by atoms with van der Waals surface area (Å²) in [5, 5.41) is 11.5. The minimum absolute atomic E-state index is 0.185. The fourth-order valence-electron chi connectivity index (χ4n) is 1.18. The lowest BCUT2D eigenvalue weighted by Crippen LogP contribution is -2.36. The van der Waals surface area contributed by atoms with Gasteiger partial charge in [-0.1, -0.05) is 6.07 Å². The van der Waals surface area contributed by atoms with Crippen molar-refractivity contribution in [1.29, 1.82) is 0 Å².